The summed E-state index contributed by atoms with van der Waals surface area (Å²) in [6.45, 7) is 0. The van der Waals surface area contributed by atoms with Crippen LogP contribution in [0.15, 0.2) is 152 Å². The van der Waals surface area contributed by atoms with Gasteiger partial charge in [0.25, 0.3) is 0 Å². The topological polar surface area (TPSA) is 48.0 Å². The van der Waals surface area contributed by atoms with E-state index in [-0.39, 0.29) is 0 Å². The van der Waals surface area contributed by atoms with Gasteiger partial charge >= 0.3 is 0 Å². The lowest BCUT2D eigenvalue weighted by Crippen LogP contribution is -2.06. The molecule has 0 atom stereocenters. The monoisotopic (exact) mass is 611 g/mol. The van der Waals surface area contributed by atoms with Gasteiger partial charge in [0.15, 0.2) is 11.6 Å². The molecule has 7 aromatic carbocycles. The van der Waals surface area contributed by atoms with Crippen LogP contribution in [-0.4, -0.2) is 23.9 Å². The van der Waals surface area contributed by atoms with Gasteiger partial charge in [0.1, 0.15) is 0 Å². The van der Waals surface area contributed by atoms with Gasteiger partial charge in [-0.1, -0.05) is 127 Å². The number of benzene rings is 7. The minimum absolute atomic E-state index is 0.598. The third kappa shape index (κ3) is 3.42. The van der Waals surface area contributed by atoms with Crippen molar-refractivity contribution >= 4 is 70.7 Å². The van der Waals surface area contributed by atoms with Gasteiger partial charge in [-0.25, -0.2) is 4.98 Å². The maximum absolute atomic E-state index is 5.18. The average Bonchev–Trinajstić information content (AvgIpc) is 3.80. The first-order valence-electron chi connectivity index (χ1n) is 16.2. The first kappa shape index (κ1) is 25.6. The maximum Gasteiger partial charge on any atom is 0.238 e. The second-order valence-corrected chi connectivity index (χ2v) is 12.5. The van der Waals surface area contributed by atoms with Crippen molar-refractivity contribution in [3.05, 3.63) is 152 Å². The van der Waals surface area contributed by atoms with Crippen LogP contribution in [0, 0.1) is 0 Å². The second-order valence-electron chi connectivity index (χ2n) is 12.5. The predicted molar refractivity (Wildman–Crippen MR) is 197 cm³/mol. The van der Waals surface area contributed by atoms with Gasteiger partial charge in [0.2, 0.25) is 5.95 Å². The molecule has 0 radical (unpaired) electrons. The first-order chi connectivity index (χ1) is 23.8. The third-order valence-electron chi connectivity index (χ3n) is 9.88. The van der Waals surface area contributed by atoms with E-state index in [1.165, 1.54) is 48.9 Å². The van der Waals surface area contributed by atoms with Crippen LogP contribution in [0.4, 0.5) is 0 Å². The van der Waals surface area contributed by atoms with E-state index in [9.17, 15) is 0 Å². The fourth-order valence-corrected chi connectivity index (χ4v) is 7.81. The summed E-state index contributed by atoms with van der Waals surface area (Å²) in [5, 5.41) is 9.74. The molecule has 0 spiro atoms. The number of para-hydroxylation sites is 3. The Morgan fingerprint density at radius 1 is 0.354 bits per heavy atom. The third-order valence-corrected chi connectivity index (χ3v) is 9.88. The Labute approximate surface area is 274 Å². The van der Waals surface area contributed by atoms with Crippen molar-refractivity contribution in [2.75, 3.05) is 0 Å². The van der Waals surface area contributed by atoms with Crippen LogP contribution in [0.2, 0.25) is 0 Å². The molecule has 4 heterocycles. The lowest BCUT2D eigenvalue weighted by molar-refractivity contribution is 0.955. The van der Waals surface area contributed by atoms with Crippen LogP contribution in [0.1, 0.15) is 0 Å². The average molecular weight is 612 g/mol. The molecule has 0 unspecified atom stereocenters. The standard InChI is InChI=1S/C43H25N5/c1-3-12-26(13-4-1)41-44-42(27-14-5-2-6-15-27)46-43(45-41)48-37-21-10-8-17-30(37)33-23-22-28-24-38-35(25-34(28)40(33)48)32-19-11-18-31-29-16-7-9-20-36(29)47(38)39(31)32/h1-25H. The second kappa shape index (κ2) is 9.47. The van der Waals surface area contributed by atoms with Gasteiger partial charge in [0.05, 0.1) is 27.6 Å². The van der Waals surface area contributed by atoms with Crippen LogP contribution in [0.25, 0.3) is 99.4 Å². The molecule has 0 aliphatic carbocycles. The molecule has 0 amide bonds. The lowest BCUT2D eigenvalue weighted by atomic mass is 10.0. The van der Waals surface area contributed by atoms with E-state index < -0.39 is 0 Å². The van der Waals surface area contributed by atoms with Crippen molar-refractivity contribution in [3.8, 4) is 28.7 Å². The SMILES string of the molecule is c1ccc(-c2nc(-c3ccccc3)nc(-n3c4ccccc4c4ccc5cc6c(cc5c43)c3cccc4c5ccccc5n6c43)n2)cc1. The van der Waals surface area contributed by atoms with Crippen molar-refractivity contribution in [2.45, 2.75) is 0 Å². The van der Waals surface area contributed by atoms with Crippen LogP contribution in [0.3, 0.4) is 0 Å². The van der Waals surface area contributed by atoms with Gasteiger partial charge in [0, 0.05) is 48.8 Å². The molecule has 0 bridgehead atoms. The van der Waals surface area contributed by atoms with E-state index in [1.54, 1.807) is 0 Å². The predicted octanol–water partition coefficient (Wildman–Crippen LogP) is 10.6. The molecule has 0 aliphatic heterocycles. The molecule has 5 heteroatoms. The Kier molecular flexibility index (Phi) is 5.05. The summed E-state index contributed by atoms with van der Waals surface area (Å²) in [5.74, 6) is 1.88. The Bertz CT molecular complexity index is 2990. The van der Waals surface area contributed by atoms with E-state index in [0.29, 0.717) is 17.6 Å². The largest absolute Gasteiger partial charge is 0.308 e. The molecule has 0 fully saturated rings. The first-order valence-corrected chi connectivity index (χ1v) is 16.2. The fraction of sp³-hybridized carbons (Fsp3) is 0. The Morgan fingerprint density at radius 3 is 1.62 bits per heavy atom. The molecule has 4 aromatic heterocycles. The minimum Gasteiger partial charge on any atom is -0.308 e. The van der Waals surface area contributed by atoms with E-state index in [2.05, 4.69) is 124 Å². The van der Waals surface area contributed by atoms with Gasteiger partial charge in [-0.05, 0) is 29.7 Å². The molecule has 5 nitrogen and oxygen atoms in total. The fourth-order valence-electron chi connectivity index (χ4n) is 7.81. The van der Waals surface area contributed by atoms with Gasteiger partial charge in [-0.3, -0.25) is 4.57 Å². The van der Waals surface area contributed by atoms with Gasteiger partial charge in [-0.2, -0.15) is 9.97 Å². The van der Waals surface area contributed by atoms with Crippen molar-refractivity contribution in [1.82, 2.24) is 23.9 Å². The highest BCUT2D eigenvalue weighted by molar-refractivity contribution is 6.27. The van der Waals surface area contributed by atoms with E-state index in [1.807, 2.05) is 36.4 Å². The zero-order valence-electron chi connectivity index (χ0n) is 25.7. The van der Waals surface area contributed by atoms with Crippen LogP contribution in [0.5, 0.6) is 0 Å². The van der Waals surface area contributed by atoms with Crippen molar-refractivity contribution in [3.63, 3.8) is 0 Å². The molecule has 48 heavy (non-hydrogen) atoms. The molecular formula is C43H25N5. The van der Waals surface area contributed by atoms with E-state index in [4.69, 9.17) is 15.0 Å². The molecule has 222 valence electrons. The van der Waals surface area contributed by atoms with Crippen molar-refractivity contribution in [1.29, 1.82) is 0 Å². The normalized spacial score (nSPS) is 12.2. The Morgan fingerprint density at radius 2 is 0.917 bits per heavy atom. The highest BCUT2D eigenvalue weighted by atomic mass is 15.2. The maximum atomic E-state index is 5.18. The Balaban J connectivity index is 1.29. The smallest absolute Gasteiger partial charge is 0.238 e. The zero-order valence-corrected chi connectivity index (χ0v) is 25.7. The summed E-state index contributed by atoms with van der Waals surface area (Å²) in [4.78, 5) is 15.3. The van der Waals surface area contributed by atoms with E-state index in [0.717, 1.165) is 32.9 Å². The summed E-state index contributed by atoms with van der Waals surface area (Å²) in [7, 11) is 0. The van der Waals surface area contributed by atoms with E-state index >= 15 is 0 Å². The van der Waals surface area contributed by atoms with Crippen LogP contribution >= 0.6 is 0 Å². The van der Waals surface area contributed by atoms with Crippen LogP contribution in [-0.2, 0) is 0 Å². The molecule has 0 saturated heterocycles. The van der Waals surface area contributed by atoms with Crippen LogP contribution < -0.4 is 0 Å². The number of nitrogens with zero attached hydrogens (tertiary/aromatic N) is 5. The summed E-state index contributed by atoms with van der Waals surface area (Å²) >= 11 is 0. The van der Waals surface area contributed by atoms with Gasteiger partial charge in [-0.15, -0.1) is 0 Å². The molecular weight excluding hydrogens is 587 g/mol. The summed E-state index contributed by atoms with van der Waals surface area (Å²) in [6.07, 6.45) is 0. The quantitative estimate of drug-likeness (QED) is 0.200. The number of fused-ring (bicyclic) bond motifs is 11. The lowest BCUT2D eigenvalue weighted by Gasteiger charge is -2.12. The van der Waals surface area contributed by atoms with Gasteiger partial charge < -0.3 is 4.40 Å². The number of aromatic nitrogens is 5. The summed E-state index contributed by atoms with van der Waals surface area (Å²) in [5.41, 5.74) is 7.78. The number of rotatable bonds is 3. The highest BCUT2D eigenvalue weighted by Crippen LogP contribution is 2.43. The Hall–Kier alpha value is -6.59. The molecule has 0 saturated carbocycles. The minimum atomic E-state index is 0.598. The number of hydrogen-bond acceptors (Lipinski definition) is 3. The molecule has 0 N–H and O–H groups in total. The van der Waals surface area contributed by atoms with Crippen molar-refractivity contribution < 1.29 is 0 Å². The molecule has 0 aliphatic rings. The van der Waals surface area contributed by atoms with Crippen molar-refractivity contribution in [2.24, 2.45) is 0 Å². The molecule has 11 aromatic rings. The summed E-state index contributed by atoms with van der Waals surface area (Å²) < 4.78 is 4.68. The zero-order chi connectivity index (χ0) is 31.3. The highest BCUT2D eigenvalue weighted by Gasteiger charge is 2.22. The molecule has 11 rings (SSSR count). The number of hydrogen-bond donors (Lipinski definition) is 0. The summed E-state index contributed by atoms with van der Waals surface area (Å²) in [6, 6.07) is 53.6.